The summed E-state index contributed by atoms with van der Waals surface area (Å²) in [6.07, 6.45) is 1.82. The fourth-order valence-corrected chi connectivity index (χ4v) is 5.24. The van der Waals surface area contributed by atoms with E-state index in [1.807, 2.05) is 6.08 Å². The van der Waals surface area contributed by atoms with Crippen molar-refractivity contribution in [1.82, 2.24) is 10.2 Å². The average molecular weight is 292 g/mol. The van der Waals surface area contributed by atoms with Crippen LogP contribution >= 0.6 is 11.8 Å². The Hall–Kier alpha value is -0.0400. The molecule has 0 bridgehead atoms. The molecule has 2 atom stereocenters. The third kappa shape index (κ3) is 4.26. The van der Waals surface area contributed by atoms with Gasteiger partial charge >= 0.3 is 0 Å². The topological polar surface area (TPSA) is 49.4 Å². The van der Waals surface area contributed by atoms with Crippen molar-refractivity contribution in [2.45, 2.75) is 25.3 Å². The quantitative estimate of drug-likeness (QED) is 0.559. The SMILES string of the molecule is C=CCNCC(C)N1CCSCC1S(=O)(=O)CC. The fourth-order valence-electron chi connectivity index (χ4n) is 2.11. The smallest absolute Gasteiger partial charge is 0.166 e. The van der Waals surface area contributed by atoms with Gasteiger partial charge in [-0.2, -0.15) is 11.8 Å². The van der Waals surface area contributed by atoms with Crippen molar-refractivity contribution < 1.29 is 8.42 Å². The Labute approximate surface area is 115 Å². The van der Waals surface area contributed by atoms with Crippen LogP contribution in [0.1, 0.15) is 13.8 Å². The second-order valence-electron chi connectivity index (χ2n) is 4.51. The van der Waals surface area contributed by atoms with Gasteiger partial charge in [0.1, 0.15) is 5.37 Å². The molecule has 0 aromatic carbocycles. The van der Waals surface area contributed by atoms with Crippen molar-refractivity contribution in [3.63, 3.8) is 0 Å². The van der Waals surface area contributed by atoms with Crippen LogP contribution in [0.25, 0.3) is 0 Å². The molecule has 1 aliphatic rings. The molecule has 0 spiro atoms. The highest BCUT2D eigenvalue weighted by Crippen LogP contribution is 2.23. The molecule has 0 aliphatic carbocycles. The van der Waals surface area contributed by atoms with E-state index in [1.165, 1.54) is 0 Å². The lowest BCUT2D eigenvalue weighted by molar-refractivity contribution is 0.201. The van der Waals surface area contributed by atoms with Crippen molar-refractivity contribution in [3.05, 3.63) is 12.7 Å². The van der Waals surface area contributed by atoms with Gasteiger partial charge in [0.05, 0.1) is 0 Å². The normalized spacial score (nSPS) is 23.8. The van der Waals surface area contributed by atoms with Crippen LogP contribution in [0.4, 0.5) is 0 Å². The van der Waals surface area contributed by atoms with Crippen molar-refractivity contribution in [2.75, 3.05) is 36.9 Å². The maximum Gasteiger partial charge on any atom is 0.166 e. The van der Waals surface area contributed by atoms with E-state index in [0.717, 1.165) is 25.4 Å². The summed E-state index contributed by atoms with van der Waals surface area (Å²) < 4.78 is 24.2. The predicted octanol–water partition coefficient (Wildman–Crippen LogP) is 0.960. The first kappa shape index (κ1) is 16.0. The van der Waals surface area contributed by atoms with Crippen molar-refractivity contribution in [3.8, 4) is 0 Å². The molecule has 1 N–H and O–H groups in total. The van der Waals surface area contributed by atoms with Crippen LogP contribution in [-0.4, -0.2) is 61.6 Å². The Morgan fingerprint density at radius 2 is 2.33 bits per heavy atom. The van der Waals surface area contributed by atoms with E-state index in [4.69, 9.17) is 0 Å². The van der Waals surface area contributed by atoms with E-state index in [1.54, 1.807) is 18.7 Å². The number of nitrogens with one attached hydrogen (secondary N) is 1. The maximum absolute atomic E-state index is 12.1. The minimum absolute atomic E-state index is 0.224. The Morgan fingerprint density at radius 1 is 1.61 bits per heavy atom. The first-order valence-corrected chi connectivity index (χ1v) is 9.26. The van der Waals surface area contributed by atoms with Crippen LogP contribution in [0.3, 0.4) is 0 Å². The van der Waals surface area contributed by atoms with Gasteiger partial charge in [-0.05, 0) is 6.92 Å². The van der Waals surface area contributed by atoms with Crippen molar-refractivity contribution in [1.29, 1.82) is 0 Å². The van der Waals surface area contributed by atoms with Gasteiger partial charge in [0, 0.05) is 42.9 Å². The van der Waals surface area contributed by atoms with Gasteiger partial charge in [-0.1, -0.05) is 13.0 Å². The summed E-state index contributed by atoms with van der Waals surface area (Å²) in [6.45, 7) is 9.89. The zero-order valence-electron chi connectivity index (χ0n) is 11.3. The number of thioether (sulfide) groups is 1. The number of sulfone groups is 1. The summed E-state index contributed by atoms with van der Waals surface area (Å²) >= 11 is 1.74. The molecule has 0 amide bonds. The molecule has 18 heavy (non-hydrogen) atoms. The van der Waals surface area contributed by atoms with E-state index >= 15 is 0 Å². The summed E-state index contributed by atoms with van der Waals surface area (Å²) in [5.41, 5.74) is 0. The molecule has 106 valence electrons. The van der Waals surface area contributed by atoms with E-state index in [0.29, 0.717) is 5.75 Å². The van der Waals surface area contributed by atoms with E-state index in [2.05, 4.69) is 23.7 Å². The van der Waals surface area contributed by atoms with Crippen molar-refractivity contribution >= 4 is 21.6 Å². The fraction of sp³-hybridized carbons (Fsp3) is 0.833. The third-order valence-corrected chi connectivity index (χ3v) is 6.54. The van der Waals surface area contributed by atoms with Gasteiger partial charge < -0.3 is 5.32 Å². The minimum Gasteiger partial charge on any atom is -0.312 e. The van der Waals surface area contributed by atoms with Gasteiger partial charge in [-0.15, -0.1) is 6.58 Å². The van der Waals surface area contributed by atoms with Crippen LogP contribution in [0.5, 0.6) is 0 Å². The first-order valence-electron chi connectivity index (χ1n) is 6.39. The summed E-state index contributed by atoms with van der Waals surface area (Å²) in [5, 5.41) is 2.94. The highest BCUT2D eigenvalue weighted by molar-refractivity contribution is 8.01. The number of nitrogens with zero attached hydrogens (tertiary/aromatic N) is 1. The highest BCUT2D eigenvalue weighted by atomic mass is 32.2. The lowest BCUT2D eigenvalue weighted by Gasteiger charge is -2.38. The number of rotatable bonds is 7. The minimum atomic E-state index is -2.99. The first-order chi connectivity index (χ1) is 8.53. The van der Waals surface area contributed by atoms with Crippen LogP contribution in [0.15, 0.2) is 12.7 Å². The third-order valence-electron chi connectivity index (χ3n) is 3.24. The second kappa shape index (κ2) is 7.53. The van der Waals surface area contributed by atoms with Gasteiger partial charge in [-0.25, -0.2) is 8.42 Å². The monoisotopic (exact) mass is 292 g/mol. The van der Waals surface area contributed by atoms with Gasteiger partial charge in [-0.3, -0.25) is 4.90 Å². The number of hydrogen-bond acceptors (Lipinski definition) is 5. The molecule has 1 heterocycles. The molecule has 1 fully saturated rings. The van der Waals surface area contributed by atoms with Gasteiger partial charge in [0.2, 0.25) is 0 Å². The highest BCUT2D eigenvalue weighted by Gasteiger charge is 2.34. The van der Waals surface area contributed by atoms with Gasteiger partial charge in [0.15, 0.2) is 9.84 Å². The Balaban J connectivity index is 2.67. The summed E-state index contributed by atoms with van der Waals surface area (Å²) in [5.74, 6) is 1.94. The molecule has 1 rings (SSSR count). The molecule has 2 unspecified atom stereocenters. The molecule has 6 heteroatoms. The zero-order valence-corrected chi connectivity index (χ0v) is 12.9. The zero-order chi connectivity index (χ0) is 13.6. The molecule has 0 saturated carbocycles. The van der Waals surface area contributed by atoms with Crippen LogP contribution < -0.4 is 5.32 Å². The van der Waals surface area contributed by atoms with E-state index < -0.39 is 9.84 Å². The largest absolute Gasteiger partial charge is 0.312 e. The predicted molar refractivity (Wildman–Crippen MR) is 79.8 cm³/mol. The van der Waals surface area contributed by atoms with Crippen molar-refractivity contribution in [2.24, 2.45) is 0 Å². The molecule has 1 saturated heterocycles. The molecular formula is C12H24N2O2S2. The van der Waals surface area contributed by atoms with Crippen LogP contribution in [-0.2, 0) is 9.84 Å². The van der Waals surface area contributed by atoms with Crippen LogP contribution in [0, 0.1) is 0 Å². The Bertz CT molecular complexity index is 357. The van der Waals surface area contributed by atoms with E-state index in [9.17, 15) is 8.42 Å². The summed E-state index contributed by atoms with van der Waals surface area (Å²) in [4.78, 5) is 2.13. The second-order valence-corrected chi connectivity index (χ2v) is 8.11. The van der Waals surface area contributed by atoms with Gasteiger partial charge in [0.25, 0.3) is 0 Å². The average Bonchev–Trinajstić information content (AvgIpc) is 2.39. The lowest BCUT2D eigenvalue weighted by atomic mass is 10.2. The number of hydrogen-bond donors (Lipinski definition) is 1. The Kier molecular flexibility index (Phi) is 6.70. The van der Waals surface area contributed by atoms with E-state index in [-0.39, 0.29) is 17.2 Å². The maximum atomic E-state index is 12.1. The molecule has 0 aromatic heterocycles. The van der Waals surface area contributed by atoms with Crippen LogP contribution in [0.2, 0.25) is 0 Å². The molecular weight excluding hydrogens is 268 g/mol. The Morgan fingerprint density at radius 3 is 2.94 bits per heavy atom. The lowest BCUT2D eigenvalue weighted by Crippen LogP contribution is -2.54. The molecule has 0 radical (unpaired) electrons. The molecule has 4 nitrogen and oxygen atoms in total. The summed E-state index contributed by atoms with van der Waals surface area (Å²) in [7, 11) is -2.99. The molecule has 0 aromatic rings. The standard InChI is InChI=1S/C12H24N2O2S2/c1-4-6-13-9-11(3)14-7-8-17-10-12(14)18(15,16)5-2/h4,11-13H,1,5-10H2,2-3H3. The molecule has 1 aliphatic heterocycles. The summed E-state index contributed by atoms with van der Waals surface area (Å²) in [6, 6.07) is 0.233.